The van der Waals surface area contributed by atoms with Gasteiger partial charge in [-0.1, -0.05) is 0 Å². The molecule has 0 fully saturated rings. The molecule has 0 saturated heterocycles. The Morgan fingerprint density at radius 3 is 2.48 bits per heavy atom. The van der Waals surface area contributed by atoms with Gasteiger partial charge in [0.15, 0.2) is 5.69 Å². The first kappa shape index (κ1) is 24.6. The fourth-order valence-electron chi connectivity index (χ4n) is 3.01. The van der Waals surface area contributed by atoms with Gasteiger partial charge in [0, 0.05) is 23.8 Å². The number of alkyl halides is 5. The van der Waals surface area contributed by atoms with E-state index in [4.69, 9.17) is 4.74 Å². The Kier molecular flexibility index (Phi) is 6.77. The van der Waals surface area contributed by atoms with E-state index in [1.807, 2.05) is 5.32 Å². The van der Waals surface area contributed by atoms with Crippen molar-refractivity contribution >= 4 is 27.5 Å². The number of carbonyl (C=O) groups is 1. The van der Waals surface area contributed by atoms with Gasteiger partial charge in [-0.15, -0.1) is 0 Å². The number of nitrogens with one attached hydrogen (secondary N) is 1. The number of ether oxygens (including phenoxy) is 1. The molecule has 14 heteroatoms. The highest BCUT2D eigenvalue weighted by molar-refractivity contribution is 9.10. The molecule has 0 aliphatic carbocycles. The minimum Gasteiger partial charge on any atom is -0.489 e. The molecular weight excluding hydrogens is 524 g/mol. The van der Waals surface area contributed by atoms with Crippen LogP contribution in [0.5, 0.6) is 5.75 Å². The van der Waals surface area contributed by atoms with Crippen LogP contribution >= 0.6 is 15.9 Å². The van der Waals surface area contributed by atoms with E-state index in [-0.39, 0.29) is 15.9 Å². The second kappa shape index (κ2) is 9.08. The van der Waals surface area contributed by atoms with Gasteiger partial charge in [0.1, 0.15) is 22.9 Å². The fraction of sp³-hybridized carbons (Fsp3) is 0.316. The van der Waals surface area contributed by atoms with E-state index in [2.05, 4.69) is 26.1 Å². The number of aryl methyl sites for hydroxylation is 1. The number of nitrogens with zero attached hydrogens (tertiary/aromatic N) is 4. The van der Waals surface area contributed by atoms with E-state index in [0.717, 1.165) is 23.0 Å². The van der Waals surface area contributed by atoms with Crippen molar-refractivity contribution in [1.29, 1.82) is 0 Å². The molecule has 1 aromatic carbocycles. The molecule has 1 amide bonds. The molecule has 1 N–H and O–H groups in total. The highest BCUT2D eigenvalue weighted by atomic mass is 79.9. The van der Waals surface area contributed by atoms with Crippen LogP contribution in [0.2, 0.25) is 0 Å². The summed E-state index contributed by atoms with van der Waals surface area (Å²) in [5.74, 6) is -2.25. The first-order chi connectivity index (χ1) is 15.3. The number of anilines is 1. The van der Waals surface area contributed by atoms with Gasteiger partial charge in [-0.2, -0.15) is 23.4 Å². The van der Waals surface area contributed by atoms with Crippen LogP contribution in [0.15, 0.2) is 29.0 Å². The van der Waals surface area contributed by atoms with Crippen molar-refractivity contribution in [2.75, 3.05) is 5.32 Å². The molecule has 0 spiro atoms. The van der Waals surface area contributed by atoms with Gasteiger partial charge in [-0.25, -0.2) is 17.9 Å². The maximum Gasteiger partial charge on any atom is 0.435 e. The molecular formula is C19H16BrF6N5O2. The number of amides is 1. The van der Waals surface area contributed by atoms with E-state index in [1.165, 1.54) is 7.05 Å². The molecule has 178 valence electrons. The third kappa shape index (κ3) is 5.15. The van der Waals surface area contributed by atoms with Crippen LogP contribution in [-0.4, -0.2) is 31.6 Å². The van der Waals surface area contributed by atoms with E-state index in [0.29, 0.717) is 10.9 Å². The zero-order valence-corrected chi connectivity index (χ0v) is 18.8. The molecule has 2 aromatic heterocycles. The maximum absolute atomic E-state index is 14.0. The normalized spacial score (nSPS) is 12.0. The van der Waals surface area contributed by atoms with Crippen molar-refractivity contribution < 1.29 is 35.9 Å². The molecule has 0 bridgehead atoms. The molecule has 33 heavy (non-hydrogen) atoms. The van der Waals surface area contributed by atoms with Gasteiger partial charge in [-0.3, -0.25) is 9.48 Å². The summed E-state index contributed by atoms with van der Waals surface area (Å²) in [4.78, 5) is 12.5. The monoisotopic (exact) mass is 539 g/mol. The lowest BCUT2D eigenvalue weighted by molar-refractivity contribution is -0.142. The second-order valence-electron chi connectivity index (χ2n) is 7.07. The van der Waals surface area contributed by atoms with Crippen molar-refractivity contribution in [1.82, 2.24) is 19.6 Å². The molecule has 2 heterocycles. The lowest BCUT2D eigenvalue weighted by Gasteiger charge is -2.19. The lowest BCUT2D eigenvalue weighted by atomic mass is 10.2. The molecule has 3 rings (SSSR count). The van der Waals surface area contributed by atoms with Crippen LogP contribution in [-0.2, 0) is 13.2 Å². The predicted octanol–water partition coefficient (Wildman–Crippen LogP) is 5.50. The van der Waals surface area contributed by atoms with Crippen LogP contribution in [0, 0.1) is 5.82 Å². The van der Waals surface area contributed by atoms with E-state index in [9.17, 15) is 31.1 Å². The number of rotatable bonds is 6. The summed E-state index contributed by atoms with van der Waals surface area (Å²) >= 11 is 3.02. The van der Waals surface area contributed by atoms with Crippen molar-refractivity contribution in [2.24, 2.45) is 7.05 Å². The van der Waals surface area contributed by atoms with Crippen LogP contribution in [0.3, 0.4) is 0 Å². The van der Waals surface area contributed by atoms with E-state index in [1.54, 1.807) is 13.8 Å². The molecule has 0 aliphatic rings. The Labute approximate surface area is 191 Å². The first-order valence-corrected chi connectivity index (χ1v) is 10.0. The number of aromatic nitrogens is 4. The van der Waals surface area contributed by atoms with Gasteiger partial charge >= 0.3 is 6.18 Å². The summed E-state index contributed by atoms with van der Waals surface area (Å²) < 4.78 is 89.0. The van der Waals surface area contributed by atoms with Crippen molar-refractivity contribution in [3.05, 3.63) is 51.8 Å². The Morgan fingerprint density at radius 2 is 1.91 bits per heavy atom. The molecule has 0 aliphatic heterocycles. The van der Waals surface area contributed by atoms with Crippen LogP contribution in [0.25, 0.3) is 5.69 Å². The zero-order valence-electron chi connectivity index (χ0n) is 17.2. The Morgan fingerprint density at radius 1 is 1.24 bits per heavy atom. The number of benzene rings is 1. The molecule has 0 saturated carbocycles. The molecule has 3 aromatic rings. The minimum absolute atomic E-state index is 0.100. The molecule has 0 unspecified atom stereocenters. The van der Waals surface area contributed by atoms with E-state index < -0.39 is 53.1 Å². The SMILES string of the molecule is CC(C)Oc1cc(F)cc(Br)c1-n1ncc(NC(=O)c2cn(C)nc2C(F)F)c1C(F)(F)F. The average molecular weight is 540 g/mol. The van der Waals surface area contributed by atoms with Gasteiger partial charge in [-0.05, 0) is 35.8 Å². The topological polar surface area (TPSA) is 74.0 Å². The maximum atomic E-state index is 14.0. The number of hydrogen-bond acceptors (Lipinski definition) is 4. The highest BCUT2D eigenvalue weighted by Crippen LogP contribution is 2.41. The summed E-state index contributed by atoms with van der Waals surface area (Å²) in [6.45, 7) is 3.19. The smallest absolute Gasteiger partial charge is 0.435 e. The highest BCUT2D eigenvalue weighted by Gasteiger charge is 2.40. The van der Waals surface area contributed by atoms with Crippen molar-refractivity contribution in [3.8, 4) is 11.4 Å². The predicted molar refractivity (Wildman–Crippen MR) is 108 cm³/mol. The zero-order chi connectivity index (χ0) is 24.7. The number of hydrogen-bond donors (Lipinski definition) is 1. The molecule has 0 atom stereocenters. The largest absolute Gasteiger partial charge is 0.489 e. The third-order valence-corrected chi connectivity index (χ3v) is 4.77. The van der Waals surface area contributed by atoms with Gasteiger partial charge in [0.25, 0.3) is 12.3 Å². The quantitative estimate of drug-likeness (QED) is 0.419. The van der Waals surface area contributed by atoms with Gasteiger partial charge in [0.05, 0.1) is 23.6 Å². The van der Waals surface area contributed by atoms with E-state index >= 15 is 0 Å². The number of halogens is 7. The van der Waals surface area contributed by atoms with Gasteiger partial charge in [0.2, 0.25) is 0 Å². The van der Waals surface area contributed by atoms with Gasteiger partial charge < -0.3 is 10.1 Å². The average Bonchev–Trinajstić information content (AvgIpc) is 3.24. The third-order valence-electron chi connectivity index (χ3n) is 4.16. The Bertz CT molecular complexity index is 1190. The molecule has 7 nitrogen and oxygen atoms in total. The fourth-order valence-corrected chi connectivity index (χ4v) is 3.59. The van der Waals surface area contributed by atoms with Crippen molar-refractivity contribution in [2.45, 2.75) is 32.6 Å². The summed E-state index contributed by atoms with van der Waals surface area (Å²) in [7, 11) is 1.28. The molecule has 0 radical (unpaired) electrons. The second-order valence-corrected chi connectivity index (χ2v) is 7.93. The standard InChI is InChI=1S/C19H16BrF6N5O2/c1-8(2)33-13-5-9(21)4-11(20)15(13)31-16(19(24,25)26)12(6-27-31)28-18(32)10-7-30(3)29-14(10)17(22)23/h4-8,17H,1-3H3,(H,28,32). The first-order valence-electron chi connectivity index (χ1n) is 9.24. The van der Waals surface area contributed by atoms with Crippen LogP contribution in [0.4, 0.5) is 32.0 Å². The summed E-state index contributed by atoms with van der Waals surface area (Å²) in [5.41, 5.74) is -3.99. The minimum atomic E-state index is -5.05. The summed E-state index contributed by atoms with van der Waals surface area (Å²) in [6.07, 6.45) is -7.03. The van der Waals surface area contributed by atoms with Crippen molar-refractivity contribution in [3.63, 3.8) is 0 Å². The number of carbonyl (C=O) groups excluding carboxylic acids is 1. The summed E-state index contributed by atoms with van der Waals surface area (Å²) in [5, 5.41) is 9.13. The summed E-state index contributed by atoms with van der Waals surface area (Å²) in [6, 6.07) is 1.82. The van der Waals surface area contributed by atoms with Crippen LogP contribution < -0.4 is 10.1 Å². The Balaban J connectivity index is 2.13. The lowest BCUT2D eigenvalue weighted by Crippen LogP contribution is -2.20. The van der Waals surface area contributed by atoms with Crippen LogP contribution in [0.1, 0.15) is 42.0 Å². The Hall–Kier alpha value is -3.03.